The normalized spacial score (nSPS) is 11.7. The Hall–Kier alpha value is -1.67. The third-order valence-corrected chi connectivity index (χ3v) is 3.08. The van der Waals surface area contributed by atoms with Crippen LogP contribution in [0.15, 0.2) is 34.1 Å². The molecule has 0 unspecified atom stereocenters. The van der Waals surface area contributed by atoms with Gasteiger partial charge in [0, 0.05) is 12.3 Å². The number of nitrogens with one attached hydrogen (secondary N) is 2. The summed E-state index contributed by atoms with van der Waals surface area (Å²) in [5.41, 5.74) is 0. The van der Waals surface area contributed by atoms with E-state index < -0.39 is 10.0 Å². The first kappa shape index (κ1) is 9.87. The van der Waals surface area contributed by atoms with Crippen molar-refractivity contribution < 1.29 is 12.9 Å². The van der Waals surface area contributed by atoms with Gasteiger partial charge in [-0.2, -0.15) is 5.10 Å². The number of H-pyrrole nitrogens is 1. The average molecular weight is 228 g/mol. The van der Waals surface area contributed by atoms with Crippen LogP contribution in [0, 0.1) is 0 Å². The lowest BCUT2D eigenvalue weighted by atomic mass is 10.5. The highest BCUT2D eigenvalue weighted by Crippen LogP contribution is 2.05. The van der Waals surface area contributed by atoms with E-state index in [0.717, 1.165) is 0 Å². The third kappa shape index (κ3) is 2.22. The monoisotopic (exact) mass is 228 g/mol. The minimum absolute atomic E-state index is 0.0630. The van der Waals surface area contributed by atoms with Gasteiger partial charge in [-0.15, -0.1) is 0 Å². The molecule has 0 aliphatic heterocycles. The molecule has 2 aromatic heterocycles. The van der Waals surface area contributed by atoms with Gasteiger partial charge in [0.15, 0.2) is 5.76 Å². The minimum atomic E-state index is -3.52. The Kier molecular flexibility index (Phi) is 2.52. The summed E-state index contributed by atoms with van der Waals surface area (Å²) in [6.45, 7) is 0.0630. The Balaban J connectivity index is 2.06. The number of aromatic nitrogens is 3. The fourth-order valence-corrected chi connectivity index (χ4v) is 1.87. The van der Waals surface area contributed by atoms with Crippen LogP contribution in [-0.4, -0.2) is 23.8 Å². The molecule has 0 saturated heterocycles. The van der Waals surface area contributed by atoms with Gasteiger partial charge in [-0.1, -0.05) is 5.16 Å². The lowest BCUT2D eigenvalue weighted by Gasteiger charge is -2.00. The van der Waals surface area contributed by atoms with Crippen LogP contribution < -0.4 is 4.72 Å². The lowest BCUT2D eigenvalue weighted by molar-refractivity contribution is 0.380. The largest absolute Gasteiger partial charge is 0.360 e. The molecule has 2 aromatic rings. The smallest absolute Gasteiger partial charge is 0.244 e. The van der Waals surface area contributed by atoms with Crippen LogP contribution in [0.3, 0.4) is 0 Å². The molecule has 80 valence electrons. The molecule has 2 heterocycles. The van der Waals surface area contributed by atoms with E-state index in [0.29, 0.717) is 5.76 Å². The summed E-state index contributed by atoms with van der Waals surface area (Å²) in [6, 6.07) is 1.58. The number of hydrogen-bond donors (Lipinski definition) is 2. The van der Waals surface area contributed by atoms with E-state index >= 15 is 0 Å². The second-order valence-electron chi connectivity index (χ2n) is 2.74. The van der Waals surface area contributed by atoms with Crippen molar-refractivity contribution in [3.8, 4) is 0 Å². The number of nitrogens with zero attached hydrogens (tertiary/aromatic N) is 2. The molecule has 0 radical (unpaired) electrons. The molecular weight excluding hydrogens is 220 g/mol. The summed E-state index contributed by atoms with van der Waals surface area (Å²) in [5.74, 6) is 0.446. The first-order valence-corrected chi connectivity index (χ1v) is 5.55. The van der Waals surface area contributed by atoms with Crippen LogP contribution in [-0.2, 0) is 16.6 Å². The van der Waals surface area contributed by atoms with Gasteiger partial charge >= 0.3 is 0 Å². The molecule has 0 amide bonds. The van der Waals surface area contributed by atoms with Crippen molar-refractivity contribution >= 4 is 10.0 Å². The number of hydrogen-bond acceptors (Lipinski definition) is 5. The van der Waals surface area contributed by atoms with Gasteiger partial charge in [-0.25, -0.2) is 13.1 Å². The van der Waals surface area contributed by atoms with Crippen molar-refractivity contribution in [3.05, 3.63) is 30.4 Å². The third-order valence-electron chi connectivity index (χ3n) is 1.71. The van der Waals surface area contributed by atoms with Gasteiger partial charge in [0.2, 0.25) is 10.0 Å². The van der Waals surface area contributed by atoms with Crippen LogP contribution in [0.5, 0.6) is 0 Å². The Morgan fingerprint density at radius 1 is 1.53 bits per heavy atom. The van der Waals surface area contributed by atoms with Gasteiger partial charge in [-0.3, -0.25) is 5.10 Å². The maximum atomic E-state index is 11.6. The summed E-state index contributed by atoms with van der Waals surface area (Å²) >= 11 is 0. The maximum Gasteiger partial charge on any atom is 0.244 e. The van der Waals surface area contributed by atoms with Gasteiger partial charge < -0.3 is 4.52 Å². The van der Waals surface area contributed by atoms with Crippen LogP contribution in [0.2, 0.25) is 0 Å². The van der Waals surface area contributed by atoms with E-state index in [9.17, 15) is 8.42 Å². The Morgan fingerprint density at radius 3 is 3.00 bits per heavy atom. The summed E-state index contributed by atoms with van der Waals surface area (Å²) in [5, 5.41) is 9.43. The summed E-state index contributed by atoms with van der Waals surface area (Å²) in [7, 11) is -3.52. The van der Waals surface area contributed by atoms with Gasteiger partial charge in [0.25, 0.3) is 0 Å². The first-order chi connectivity index (χ1) is 7.18. The molecule has 2 rings (SSSR count). The second kappa shape index (κ2) is 3.83. The fraction of sp³-hybridized carbons (Fsp3) is 0.143. The molecule has 15 heavy (non-hydrogen) atoms. The lowest BCUT2D eigenvalue weighted by Crippen LogP contribution is -2.22. The number of sulfonamides is 1. The summed E-state index contributed by atoms with van der Waals surface area (Å²) in [6.07, 6.45) is 3.97. The molecule has 8 heteroatoms. The highest BCUT2D eigenvalue weighted by Gasteiger charge is 2.15. The fourth-order valence-electron chi connectivity index (χ4n) is 0.969. The molecule has 0 aliphatic rings. The van der Waals surface area contributed by atoms with E-state index in [1.54, 1.807) is 6.07 Å². The van der Waals surface area contributed by atoms with Crippen LogP contribution in [0.25, 0.3) is 0 Å². The van der Waals surface area contributed by atoms with Crippen molar-refractivity contribution in [1.29, 1.82) is 0 Å². The Morgan fingerprint density at radius 2 is 2.40 bits per heavy atom. The van der Waals surface area contributed by atoms with Crippen LogP contribution in [0.4, 0.5) is 0 Å². The van der Waals surface area contributed by atoms with E-state index in [1.165, 1.54) is 18.6 Å². The molecule has 0 aromatic carbocycles. The maximum absolute atomic E-state index is 11.6. The highest BCUT2D eigenvalue weighted by atomic mass is 32.2. The zero-order chi connectivity index (χ0) is 10.7. The summed E-state index contributed by atoms with van der Waals surface area (Å²) in [4.78, 5) is 0.0852. The molecule has 0 atom stereocenters. The van der Waals surface area contributed by atoms with Gasteiger partial charge in [0.05, 0.1) is 18.9 Å². The molecule has 7 nitrogen and oxygen atoms in total. The van der Waals surface area contributed by atoms with E-state index in [-0.39, 0.29) is 11.4 Å². The van der Waals surface area contributed by atoms with Crippen LogP contribution in [0.1, 0.15) is 5.76 Å². The molecule has 0 saturated carbocycles. The summed E-state index contributed by atoms with van der Waals surface area (Å²) < 4.78 is 30.2. The first-order valence-electron chi connectivity index (χ1n) is 4.06. The topological polar surface area (TPSA) is 101 Å². The zero-order valence-electron chi connectivity index (χ0n) is 7.54. The Labute approximate surface area is 85.5 Å². The molecule has 0 fully saturated rings. The van der Waals surface area contributed by atoms with Crippen molar-refractivity contribution in [1.82, 2.24) is 20.1 Å². The molecular formula is C7H8N4O3S. The van der Waals surface area contributed by atoms with Crippen molar-refractivity contribution in [2.45, 2.75) is 11.4 Å². The van der Waals surface area contributed by atoms with E-state index in [2.05, 4.69) is 20.1 Å². The molecule has 2 N–H and O–H groups in total. The highest BCUT2D eigenvalue weighted by molar-refractivity contribution is 7.89. The molecule has 0 spiro atoms. The quantitative estimate of drug-likeness (QED) is 0.759. The number of rotatable bonds is 4. The van der Waals surface area contributed by atoms with Crippen LogP contribution >= 0.6 is 0 Å². The predicted molar refractivity (Wildman–Crippen MR) is 49.1 cm³/mol. The molecule has 0 aliphatic carbocycles. The van der Waals surface area contributed by atoms with Gasteiger partial charge in [-0.05, 0) is 0 Å². The minimum Gasteiger partial charge on any atom is -0.360 e. The molecule has 0 bridgehead atoms. The average Bonchev–Trinajstić information content (AvgIpc) is 2.88. The Bertz CT molecular complexity index is 502. The van der Waals surface area contributed by atoms with E-state index in [4.69, 9.17) is 4.52 Å². The number of aromatic amines is 1. The zero-order valence-corrected chi connectivity index (χ0v) is 8.36. The van der Waals surface area contributed by atoms with Crippen molar-refractivity contribution in [3.63, 3.8) is 0 Å². The standard InChI is InChI=1S/C7H8N4O3S/c12-15(13,7-4-8-9-5-7)11-3-6-1-2-10-14-6/h1-2,4-5,11H,3H2,(H,8,9). The van der Waals surface area contributed by atoms with E-state index in [1.807, 2.05) is 0 Å². The van der Waals surface area contributed by atoms with Crippen molar-refractivity contribution in [2.75, 3.05) is 0 Å². The van der Waals surface area contributed by atoms with Gasteiger partial charge in [0.1, 0.15) is 4.90 Å². The van der Waals surface area contributed by atoms with Crippen molar-refractivity contribution in [2.24, 2.45) is 0 Å². The SMILES string of the molecule is O=S(=O)(NCc1ccno1)c1cn[nH]c1. The second-order valence-corrected chi connectivity index (χ2v) is 4.50. The predicted octanol–water partition coefficient (Wildman–Crippen LogP) is -0.124.